The van der Waals surface area contributed by atoms with Crippen LogP contribution in [0.3, 0.4) is 0 Å². The van der Waals surface area contributed by atoms with Gasteiger partial charge in [-0.3, -0.25) is 4.79 Å². The molecule has 3 nitrogen and oxygen atoms in total. The second-order valence-corrected chi connectivity index (χ2v) is 4.73. The summed E-state index contributed by atoms with van der Waals surface area (Å²) in [6.07, 6.45) is 6.99. The minimum Gasteiger partial charge on any atom is -0.463 e. The van der Waals surface area contributed by atoms with Crippen molar-refractivity contribution in [1.82, 2.24) is 0 Å². The standard InChI is InChI=1S/C16H17NO2/c1-2-3-4-5-6-12-7-8-15-14(9-12)16(18)13(10-17)11-19-15/h7-9,11H,2-6H2,1H3. The zero-order chi connectivity index (χ0) is 13.7. The number of hydrogen-bond donors (Lipinski definition) is 0. The van der Waals surface area contributed by atoms with Crippen molar-refractivity contribution in [3.05, 3.63) is 45.8 Å². The summed E-state index contributed by atoms with van der Waals surface area (Å²) in [5.74, 6) is 0. The number of benzene rings is 1. The fraction of sp³-hybridized carbons (Fsp3) is 0.375. The number of aryl methyl sites for hydroxylation is 1. The maximum atomic E-state index is 12.0. The molecule has 2 rings (SSSR count). The van der Waals surface area contributed by atoms with Crippen LogP contribution in [-0.2, 0) is 6.42 Å². The van der Waals surface area contributed by atoms with E-state index in [1.807, 2.05) is 24.3 Å². The zero-order valence-corrected chi connectivity index (χ0v) is 11.1. The molecule has 0 saturated carbocycles. The predicted octanol–water partition coefficient (Wildman–Crippen LogP) is 3.79. The molecule has 0 aliphatic rings. The van der Waals surface area contributed by atoms with Gasteiger partial charge in [0, 0.05) is 0 Å². The van der Waals surface area contributed by atoms with Crippen LogP contribution in [0.25, 0.3) is 11.0 Å². The first kappa shape index (κ1) is 13.4. The van der Waals surface area contributed by atoms with Gasteiger partial charge in [0.05, 0.1) is 5.39 Å². The molecule has 2 aromatic rings. The van der Waals surface area contributed by atoms with Crippen LogP contribution in [0.15, 0.2) is 33.7 Å². The van der Waals surface area contributed by atoms with Crippen LogP contribution in [0.4, 0.5) is 0 Å². The first-order chi connectivity index (χ1) is 9.26. The van der Waals surface area contributed by atoms with Gasteiger partial charge in [-0.25, -0.2) is 0 Å². The molecule has 0 saturated heterocycles. The highest BCUT2D eigenvalue weighted by Gasteiger charge is 2.07. The van der Waals surface area contributed by atoms with Crippen molar-refractivity contribution in [3.63, 3.8) is 0 Å². The molecule has 0 bridgehead atoms. The average Bonchev–Trinajstić information content (AvgIpc) is 2.44. The lowest BCUT2D eigenvalue weighted by molar-refractivity contribution is 0.600. The van der Waals surface area contributed by atoms with Gasteiger partial charge in [0.2, 0.25) is 5.43 Å². The van der Waals surface area contributed by atoms with E-state index in [-0.39, 0.29) is 11.0 Å². The Balaban J connectivity index is 2.27. The molecule has 0 atom stereocenters. The van der Waals surface area contributed by atoms with Crippen molar-refractivity contribution < 1.29 is 4.42 Å². The number of nitriles is 1. The van der Waals surface area contributed by atoms with Crippen LogP contribution >= 0.6 is 0 Å². The number of rotatable bonds is 5. The fourth-order valence-corrected chi connectivity index (χ4v) is 2.17. The highest BCUT2D eigenvalue weighted by atomic mass is 16.3. The predicted molar refractivity (Wildman–Crippen MR) is 75.0 cm³/mol. The number of nitrogens with zero attached hydrogens (tertiary/aromatic N) is 1. The zero-order valence-electron chi connectivity index (χ0n) is 11.1. The molecule has 0 aliphatic carbocycles. The molecule has 0 amide bonds. The quantitative estimate of drug-likeness (QED) is 0.764. The van der Waals surface area contributed by atoms with Gasteiger partial charge in [-0.15, -0.1) is 0 Å². The second-order valence-electron chi connectivity index (χ2n) is 4.73. The Morgan fingerprint density at radius 1 is 1.26 bits per heavy atom. The third kappa shape index (κ3) is 3.03. The maximum Gasteiger partial charge on any atom is 0.210 e. The Morgan fingerprint density at radius 2 is 2.11 bits per heavy atom. The van der Waals surface area contributed by atoms with Gasteiger partial charge in [-0.05, 0) is 30.5 Å². The molecule has 0 N–H and O–H groups in total. The maximum absolute atomic E-state index is 12.0. The molecule has 0 unspecified atom stereocenters. The summed E-state index contributed by atoms with van der Waals surface area (Å²) in [5.41, 5.74) is 1.50. The SMILES string of the molecule is CCCCCCc1ccc2occ(C#N)c(=O)c2c1. The molecular weight excluding hydrogens is 238 g/mol. The van der Waals surface area contributed by atoms with E-state index in [0.29, 0.717) is 11.0 Å². The van der Waals surface area contributed by atoms with Crippen molar-refractivity contribution in [2.24, 2.45) is 0 Å². The molecule has 0 aliphatic heterocycles. The van der Waals surface area contributed by atoms with Gasteiger partial charge >= 0.3 is 0 Å². The number of unbranched alkanes of at least 4 members (excludes halogenated alkanes) is 3. The summed E-state index contributed by atoms with van der Waals surface area (Å²) >= 11 is 0. The molecule has 1 heterocycles. The highest BCUT2D eigenvalue weighted by Crippen LogP contribution is 2.15. The topological polar surface area (TPSA) is 54.0 Å². The highest BCUT2D eigenvalue weighted by molar-refractivity contribution is 5.78. The van der Waals surface area contributed by atoms with Crippen LogP contribution in [0, 0.1) is 11.3 Å². The van der Waals surface area contributed by atoms with E-state index in [4.69, 9.17) is 9.68 Å². The summed E-state index contributed by atoms with van der Waals surface area (Å²) in [4.78, 5) is 12.0. The van der Waals surface area contributed by atoms with Crippen molar-refractivity contribution in [2.75, 3.05) is 0 Å². The fourth-order valence-electron chi connectivity index (χ4n) is 2.17. The normalized spacial score (nSPS) is 10.5. The number of fused-ring (bicyclic) bond motifs is 1. The Labute approximate surface area is 112 Å². The van der Waals surface area contributed by atoms with Gasteiger partial charge in [0.25, 0.3) is 0 Å². The Kier molecular flexibility index (Phi) is 4.35. The van der Waals surface area contributed by atoms with Gasteiger partial charge in [-0.1, -0.05) is 32.3 Å². The number of hydrogen-bond acceptors (Lipinski definition) is 3. The second kappa shape index (κ2) is 6.19. The largest absolute Gasteiger partial charge is 0.463 e. The molecule has 1 aromatic heterocycles. The molecule has 1 aromatic carbocycles. The van der Waals surface area contributed by atoms with E-state index in [0.717, 1.165) is 18.4 Å². The van der Waals surface area contributed by atoms with E-state index in [1.54, 1.807) is 0 Å². The van der Waals surface area contributed by atoms with Gasteiger partial charge < -0.3 is 4.42 Å². The summed E-state index contributed by atoms with van der Waals surface area (Å²) in [5, 5.41) is 9.34. The van der Waals surface area contributed by atoms with Crippen LogP contribution in [0.2, 0.25) is 0 Å². The molecule has 3 heteroatoms. The van der Waals surface area contributed by atoms with Gasteiger partial charge in [0.1, 0.15) is 23.5 Å². The molecule has 0 fully saturated rings. The third-order valence-corrected chi connectivity index (χ3v) is 3.28. The van der Waals surface area contributed by atoms with E-state index in [2.05, 4.69) is 6.92 Å². The lowest BCUT2D eigenvalue weighted by atomic mass is 10.0. The van der Waals surface area contributed by atoms with E-state index >= 15 is 0 Å². The molecule has 98 valence electrons. The first-order valence-corrected chi connectivity index (χ1v) is 6.70. The molecule has 0 spiro atoms. The van der Waals surface area contributed by atoms with Crippen molar-refractivity contribution in [1.29, 1.82) is 5.26 Å². The molecule has 19 heavy (non-hydrogen) atoms. The Hall–Kier alpha value is -2.08. The summed E-state index contributed by atoms with van der Waals surface area (Å²) < 4.78 is 5.29. The monoisotopic (exact) mass is 255 g/mol. The summed E-state index contributed by atoms with van der Waals surface area (Å²) in [6.45, 7) is 2.19. The van der Waals surface area contributed by atoms with Crippen LogP contribution in [0.5, 0.6) is 0 Å². The van der Waals surface area contributed by atoms with Gasteiger partial charge in [-0.2, -0.15) is 5.26 Å². The lowest BCUT2D eigenvalue weighted by Gasteiger charge is -2.03. The lowest BCUT2D eigenvalue weighted by Crippen LogP contribution is -2.05. The summed E-state index contributed by atoms with van der Waals surface area (Å²) in [7, 11) is 0. The van der Waals surface area contributed by atoms with Crippen molar-refractivity contribution in [3.8, 4) is 6.07 Å². The van der Waals surface area contributed by atoms with Gasteiger partial charge in [0.15, 0.2) is 0 Å². The van der Waals surface area contributed by atoms with Crippen LogP contribution < -0.4 is 5.43 Å². The minimum atomic E-state index is -0.237. The molecular formula is C16H17NO2. The van der Waals surface area contributed by atoms with Crippen molar-refractivity contribution >= 4 is 11.0 Å². The van der Waals surface area contributed by atoms with E-state index in [1.165, 1.54) is 25.5 Å². The van der Waals surface area contributed by atoms with E-state index < -0.39 is 0 Å². The minimum absolute atomic E-state index is 0.0654. The van der Waals surface area contributed by atoms with Crippen LogP contribution in [0.1, 0.15) is 43.7 Å². The Bertz CT molecular complexity index is 664. The third-order valence-electron chi connectivity index (χ3n) is 3.28. The first-order valence-electron chi connectivity index (χ1n) is 6.70. The smallest absolute Gasteiger partial charge is 0.210 e. The average molecular weight is 255 g/mol. The van der Waals surface area contributed by atoms with E-state index in [9.17, 15) is 4.79 Å². The van der Waals surface area contributed by atoms with Crippen molar-refractivity contribution in [2.45, 2.75) is 39.0 Å². The summed E-state index contributed by atoms with van der Waals surface area (Å²) in [6, 6.07) is 7.52. The van der Waals surface area contributed by atoms with Crippen LogP contribution in [-0.4, -0.2) is 0 Å². The molecule has 0 radical (unpaired) electrons. The Morgan fingerprint density at radius 3 is 2.84 bits per heavy atom.